The Morgan fingerprint density at radius 2 is 2.16 bits per heavy atom. The van der Waals surface area contributed by atoms with Crippen molar-refractivity contribution in [2.75, 3.05) is 13.6 Å². The second-order valence-electron chi connectivity index (χ2n) is 6.33. The lowest BCUT2D eigenvalue weighted by atomic mass is 9.77. The van der Waals surface area contributed by atoms with Crippen molar-refractivity contribution in [3.8, 4) is 0 Å². The van der Waals surface area contributed by atoms with Gasteiger partial charge in [-0.25, -0.2) is 4.39 Å². The average molecular weight is 264 g/mol. The van der Waals surface area contributed by atoms with Crippen LogP contribution in [0.3, 0.4) is 0 Å². The molecule has 1 aliphatic rings. The van der Waals surface area contributed by atoms with Gasteiger partial charge in [0.25, 0.3) is 0 Å². The van der Waals surface area contributed by atoms with Crippen LogP contribution in [-0.4, -0.2) is 24.0 Å². The van der Waals surface area contributed by atoms with E-state index in [0.29, 0.717) is 12.5 Å². The van der Waals surface area contributed by atoms with E-state index in [4.69, 9.17) is 5.73 Å². The molecule has 1 fully saturated rings. The second-order valence-corrected chi connectivity index (χ2v) is 6.33. The van der Waals surface area contributed by atoms with Gasteiger partial charge in [0, 0.05) is 24.2 Å². The number of halogens is 1. The van der Waals surface area contributed by atoms with Crippen LogP contribution in [-0.2, 0) is 6.54 Å². The molecule has 106 valence electrons. The molecule has 2 N–H and O–H groups in total. The molecule has 1 aliphatic carbocycles. The summed E-state index contributed by atoms with van der Waals surface area (Å²) in [5.41, 5.74) is 7.15. The molecule has 0 saturated heterocycles. The predicted octanol–water partition coefficient (Wildman–Crippen LogP) is 3.17. The number of nitrogens with zero attached hydrogens (tertiary/aromatic N) is 1. The van der Waals surface area contributed by atoms with Gasteiger partial charge in [-0.15, -0.1) is 0 Å². The maximum atomic E-state index is 13.6. The zero-order chi connectivity index (χ0) is 13.9. The molecule has 19 heavy (non-hydrogen) atoms. The van der Waals surface area contributed by atoms with Gasteiger partial charge in [0.05, 0.1) is 0 Å². The molecule has 0 heterocycles. The van der Waals surface area contributed by atoms with Crippen LogP contribution in [0, 0.1) is 11.7 Å². The van der Waals surface area contributed by atoms with Gasteiger partial charge in [0.2, 0.25) is 0 Å². The molecule has 2 nitrogen and oxygen atoms in total. The maximum Gasteiger partial charge on any atom is 0.127 e. The number of rotatable bonds is 4. The molecule has 0 aliphatic heterocycles. The third-order valence-corrected chi connectivity index (χ3v) is 4.11. The topological polar surface area (TPSA) is 29.3 Å². The fourth-order valence-corrected chi connectivity index (χ4v) is 3.36. The van der Waals surface area contributed by atoms with Crippen LogP contribution in [0.25, 0.3) is 0 Å². The molecule has 1 saturated carbocycles. The fraction of sp³-hybridized carbons (Fsp3) is 0.625. The van der Waals surface area contributed by atoms with Crippen LogP contribution in [0.5, 0.6) is 0 Å². The Bertz CT molecular complexity index is 421. The van der Waals surface area contributed by atoms with Crippen molar-refractivity contribution in [1.29, 1.82) is 0 Å². The third kappa shape index (κ3) is 4.02. The van der Waals surface area contributed by atoms with Gasteiger partial charge in [-0.1, -0.05) is 38.0 Å². The molecule has 0 radical (unpaired) electrons. The number of hydrogen-bond acceptors (Lipinski definition) is 2. The molecule has 1 aromatic carbocycles. The largest absolute Gasteiger partial charge is 0.324 e. The van der Waals surface area contributed by atoms with Crippen LogP contribution in [0.1, 0.15) is 38.2 Å². The average Bonchev–Trinajstić information content (AvgIpc) is 2.31. The molecule has 2 unspecified atom stereocenters. The predicted molar refractivity (Wildman–Crippen MR) is 77.3 cm³/mol. The smallest absolute Gasteiger partial charge is 0.127 e. The molecular weight excluding hydrogens is 239 g/mol. The van der Waals surface area contributed by atoms with Crippen LogP contribution in [0.4, 0.5) is 4.39 Å². The zero-order valence-corrected chi connectivity index (χ0v) is 12.0. The highest BCUT2D eigenvalue weighted by atomic mass is 19.1. The van der Waals surface area contributed by atoms with Crippen molar-refractivity contribution in [3.63, 3.8) is 0 Å². The van der Waals surface area contributed by atoms with Gasteiger partial charge in [-0.2, -0.15) is 0 Å². The first kappa shape index (κ1) is 14.5. The molecule has 0 amide bonds. The highest BCUT2D eigenvalue weighted by molar-refractivity contribution is 5.17. The first-order valence-corrected chi connectivity index (χ1v) is 7.19. The summed E-state index contributed by atoms with van der Waals surface area (Å²) < 4.78 is 13.6. The summed E-state index contributed by atoms with van der Waals surface area (Å²) in [4.78, 5) is 2.15. The first-order valence-electron chi connectivity index (χ1n) is 7.19. The lowest BCUT2D eigenvalue weighted by Crippen LogP contribution is -2.51. The SMILES string of the molecule is CC1CCCC(N)(CN(C)Cc2ccccc2F)C1. The Morgan fingerprint density at radius 3 is 2.84 bits per heavy atom. The van der Waals surface area contributed by atoms with E-state index < -0.39 is 0 Å². The van der Waals surface area contributed by atoms with E-state index >= 15 is 0 Å². The van der Waals surface area contributed by atoms with E-state index in [1.165, 1.54) is 18.9 Å². The van der Waals surface area contributed by atoms with Gasteiger partial charge in [0.15, 0.2) is 0 Å². The Morgan fingerprint density at radius 1 is 1.42 bits per heavy atom. The van der Waals surface area contributed by atoms with E-state index in [2.05, 4.69) is 11.8 Å². The summed E-state index contributed by atoms with van der Waals surface area (Å²) in [5.74, 6) is 0.582. The summed E-state index contributed by atoms with van der Waals surface area (Å²) in [7, 11) is 2.03. The third-order valence-electron chi connectivity index (χ3n) is 4.11. The normalized spacial score (nSPS) is 27.7. The van der Waals surface area contributed by atoms with Crippen LogP contribution in [0.2, 0.25) is 0 Å². The van der Waals surface area contributed by atoms with E-state index in [9.17, 15) is 4.39 Å². The molecule has 0 spiro atoms. The van der Waals surface area contributed by atoms with Crippen molar-refractivity contribution in [1.82, 2.24) is 4.90 Å². The summed E-state index contributed by atoms with van der Waals surface area (Å²) in [6.45, 7) is 3.74. The first-order chi connectivity index (χ1) is 8.98. The molecule has 0 bridgehead atoms. The molecule has 1 aromatic rings. The second kappa shape index (κ2) is 6.02. The molecule has 0 aromatic heterocycles. The van der Waals surface area contributed by atoms with E-state index in [1.807, 2.05) is 19.2 Å². The molecule has 2 atom stereocenters. The number of likely N-dealkylation sites (N-methyl/N-ethyl adjacent to an activating group) is 1. The number of benzene rings is 1. The minimum Gasteiger partial charge on any atom is -0.324 e. The van der Waals surface area contributed by atoms with Gasteiger partial charge in [0.1, 0.15) is 5.82 Å². The lowest BCUT2D eigenvalue weighted by Gasteiger charge is -2.39. The Kier molecular flexibility index (Phi) is 4.58. The summed E-state index contributed by atoms with van der Waals surface area (Å²) >= 11 is 0. The van der Waals surface area contributed by atoms with Crippen LogP contribution in [0.15, 0.2) is 24.3 Å². The fourth-order valence-electron chi connectivity index (χ4n) is 3.36. The van der Waals surface area contributed by atoms with Crippen molar-refractivity contribution in [2.45, 2.75) is 44.7 Å². The molecular formula is C16H25FN2. The van der Waals surface area contributed by atoms with Crippen LogP contribution >= 0.6 is 0 Å². The monoisotopic (exact) mass is 264 g/mol. The molecule has 2 rings (SSSR count). The highest BCUT2D eigenvalue weighted by Crippen LogP contribution is 2.31. The zero-order valence-electron chi connectivity index (χ0n) is 12.0. The Balaban J connectivity index is 1.94. The van der Waals surface area contributed by atoms with Gasteiger partial charge in [-0.3, -0.25) is 0 Å². The summed E-state index contributed by atoms with van der Waals surface area (Å²) in [5, 5.41) is 0. The van der Waals surface area contributed by atoms with E-state index in [0.717, 1.165) is 24.9 Å². The van der Waals surface area contributed by atoms with Gasteiger partial charge in [-0.05, 0) is 31.9 Å². The molecule has 3 heteroatoms. The van der Waals surface area contributed by atoms with Crippen LogP contribution < -0.4 is 5.73 Å². The van der Waals surface area contributed by atoms with Crippen molar-refractivity contribution in [2.24, 2.45) is 11.7 Å². The van der Waals surface area contributed by atoms with Gasteiger partial charge >= 0.3 is 0 Å². The standard InChI is InChI=1S/C16H25FN2/c1-13-6-5-9-16(18,10-13)12-19(2)11-14-7-3-4-8-15(14)17/h3-4,7-8,13H,5-6,9-12,18H2,1-2H3. The highest BCUT2D eigenvalue weighted by Gasteiger charge is 2.31. The van der Waals surface area contributed by atoms with Crippen molar-refractivity contribution < 1.29 is 4.39 Å². The van der Waals surface area contributed by atoms with Crippen molar-refractivity contribution in [3.05, 3.63) is 35.6 Å². The maximum absolute atomic E-state index is 13.6. The summed E-state index contributed by atoms with van der Waals surface area (Å²) in [6, 6.07) is 6.97. The minimum absolute atomic E-state index is 0.0995. The summed E-state index contributed by atoms with van der Waals surface area (Å²) in [6.07, 6.45) is 4.66. The minimum atomic E-state index is -0.127. The lowest BCUT2D eigenvalue weighted by molar-refractivity contribution is 0.164. The van der Waals surface area contributed by atoms with E-state index in [1.54, 1.807) is 6.07 Å². The number of nitrogens with two attached hydrogens (primary N) is 1. The Hall–Kier alpha value is -0.930. The van der Waals surface area contributed by atoms with Gasteiger partial charge < -0.3 is 10.6 Å². The Labute approximate surface area is 115 Å². The quantitative estimate of drug-likeness (QED) is 0.905. The number of hydrogen-bond donors (Lipinski definition) is 1. The van der Waals surface area contributed by atoms with Crippen molar-refractivity contribution >= 4 is 0 Å². The van der Waals surface area contributed by atoms with E-state index in [-0.39, 0.29) is 11.4 Å².